The molecule has 1 rings (SSSR count). The Kier molecular flexibility index (Phi) is 5.83. The van der Waals surface area contributed by atoms with Crippen molar-refractivity contribution in [1.82, 2.24) is 16.0 Å². The third-order valence-electron chi connectivity index (χ3n) is 2.48. The molecule has 7 nitrogen and oxygen atoms in total. The van der Waals surface area contributed by atoms with E-state index in [1.54, 1.807) is 0 Å². The van der Waals surface area contributed by atoms with E-state index in [-0.39, 0.29) is 31.3 Å². The normalized spacial score (nSPS) is 20.4. The lowest BCUT2D eigenvalue weighted by atomic mass is 10.1. The van der Waals surface area contributed by atoms with E-state index in [2.05, 4.69) is 16.0 Å². The van der Waals surface area contributed by atoms with E-state index in [0.717, 1.165) is 6.42 Å². The van der Waals surface area contributed by atoms with Crippen molar-refractivity contribution in [1.29, 1.82) is 0 Å². The lowest BCUT2D eigenvalue weighted by Crippen LogP contribution is -2.43. The molecule has 0 atom stereocenters. The Morgan fingerprint density at radius 2 is 1.17 bits per heavy atom. The highest BCUT2D eigenvalue weighted by molar-refractivity contribution is 5.97. The highest BCUT2D eigenvalue weighted by Gasteiger charge is 2.11. The van der Waals surface area contributed by atoms with Crippen LogP contribution in [0.5, 0.6) is 0 Å². The molecule has 0 spiro atoms. The maximum Gasteiger partial charge on any atom is 0.245 e. The van der Waals surface area contributed by atoms with Crippen molar-refractivity contribution >= 4 is 23.6 Å². The zero-order valence-corrected chi connectivity index (χ0v) is 10.1. The van der Waals surface area contributed by atoms with Crippen molar-refractivity contribution < 1.29 is 19.2 Å². The Bertz CT molecular complexity index is 354. The summed E-state index contributed by atoms with van der Waals surface area (Å²) in [7, 11) is 0. The van der Waals surface area contributed by atoms with Gasteiger partial charge in [-0.15, -0.1) is 0 Å². The molecule has 0 bridgehead atoms. The Balaban J connectivity index is 2.48. The zero-order chi connectivity index (χ0) is 13.4. The first kappa shape index (κ1) is 14.1. The van der Waals surface area contributed by atoms with Crippen LogP contribution in [0.15, 0.2) is 0 Å². The molecule has 100 valence electrons. The van der Waals surface area contributed by atoms with E-state index in [1.807, 2.05) is 0 Å². The molecular weight excluding hydrogens is 238 g/mol. The van der Waals surface area contributed by atoms with E-state index in [1.165, 1.54) is 0 Å². The molecular formula is C11H17N3O4. The van der Waals surface area contributed by atoms with Gasteiger partial charge in [-0.25, -0.2) is 0 Å². The standard InChI is InChI=1S/C11H17N3O4/c15-8-4-2-1-3-5-9(16)14-11(18)7-13-10(17)6-12-8/h1-7H2,(H,12,15)(H,13,17)(H,14,16,18). The van der Waals surface area contributed by atoms with Crippen LogP contribution in [0.4, 0.5) is 0 Å². The van der Waals surface area contributed by atoms with E-state index in [0.29, 0.717) is 19.3 Å². The molecule has 0 aromatic carbocycles. The first-order valence-corrected chi connectivity index (χ1v) is 5.94. The summed E-state index contributed by atoms with van der Waals surface area (Å²) < 4.78 is 0. The number of hydrogen-bond acceptors (Lipinski definition) is 4. The summed E-state index contributed by atoms with van der Waals surface area (Å²) >= 11 is 0. The third kappa shape index (κ3) is 5.97. The largest absolute Gasteiger partial charge is 0.347 e. The van der Waals surface area contributed by atoms with E-state index in [9.17, 15) is 19.2 Å². The van der Waals surface area contributed by atoms with Crippen molar-refractivity contribution in [2.24, 2.45) is 0 Å². The summed E-state index contributed by atoms with van der Waals surface area (Å²) in [5.74, 6) is -1.55. The van der Waals surface area contributed by atoms with Gasteiger partial charge in [0.15, 0.2) is 0 Å². The van der Waals surface area contributed by atoms with Crippen molar-refractivity contribution in [2.75, 3.05) is 13.1 Å². The molecule has 1 aliphatic heterocycles. The number of rotatable bonds is 0. The van der Waals surface area contributed by atoms with Crippen molar-refractivity contribution in [3.63, 3.8) is 0 Å². The second-order valence-corrected chi connectivity index (χ2v) is 4.09. The summed E-state index contributed by atoms with van der Waals surface area (Å²) in [5.41, 5.74) is 0. The molecule has 1 saturated heterocycles. The molecule has 1 aliphatic rings. The van der Waals surface area contributed by atoms with Crippen molar-refractivity contribution in [3.05, 3.63) is 0 Å². The van der Waals surface area contributed by atoms with Gasteiger partial charge in [0.05, 0.1) is 13.1 Å². The predicted molar refractivity (Wildman–Crippen MR) is 62.3 cm³/mol. The fourth-order valence-corrected chi connectivity index (χ4v) is 1.52. The number of amides is 4. The Morgan fingerprint density at radius 3 is 1.89 bits per heavy atom. The molecule has 0 radical (unpaired) electrons. The molecule has 1 heterocycles. The van der Waals surface area contributed by atoms with Crippen molar-refractivity contribution in [2.45, 2.75) is 32.1 Å². The molecule has 0 aromatic heterocycles. The average molecular weight is 255 g/mol. The summed E-state index contributed by atoms with van der Waals surface area (Å²) in [6.45, 7) is -0.416. The van der Waals surface area contributed by atoms with Gasteiger partial charge in [-0.1, -0.05) is 6.42 Å². The molecule has 0 unspecified atom stereocenters. The molecule has 0 aromatic rings. The van der Waals surface area contributed by atoms with Crippen molar-refractivity contribution in [3.8, 4) is 0 Å². The van der Waals surface area contributed by atoms with E-state index < -0.39 is 11.8 Å². The minimum Gasteiger partial charge on any atom is -0.347 e. The van der Waals surface area contributed by atoms with E-state index in [4.69, 9.17) is 0 Å². The smallest absolute Gasteiger partial charge is 0.245 e. The maximum absolute atomic E-state index is 11.3. The maximum atomic E-state index is 11.3. The van der Waals surface area contributed by atoms with Gasteiger partial charge >= 0.3 is 0 Å². The monoisotopic (exact) mass is 255 g/mol. The van der Waals surface area contributed by atoms with Gasteiger partial charge in [-0.3, -0.25) is 24.5 Å². The van der Waals surface area contributed by atoms with Crippen LogP contribution in [-0.4, -0.2) is 36.7 Å². The average Bonchev–Trinajstić information content (AvgIpc) is 2.32. The SMILES string of the molecule is O=C1CCCCCC(=O)NC(=O)CNC(=O)CN1. The predicted octanol–water partition coefficient (Wildman–Crippen LogP) is -1.17. The number of imide groups is 1. The van der Waals surface area contributed by atoms with Crippen LogP contribution in [-0.2, 0) is 19.2 Å². The summed E-state index contributed by atoms with van der Waals surface area (Å²) in [5, 5.41) is 6.95. The van der Waals surface area contributed by atoms with Gasteiger partial charge in [0, 0.05) is 12.8 Å². The number of carbonyl (C=O) groups excluding carboxylic acids is 4. The van der Waals surface area contributed by atoms with Gasteiger partial charge < -0.3 is 10.6 Å². The van der Waals surface area contributed by atoms with Crippen LogP contribution in [0.3, 0.4) is 0 Å². The zero-order valence-electron chi connectivity index (χ0n) is 10.1. The van der Waals surface area contributed by atoms with Gasteiger partial charge in [0.1, 0.15) is 0 Å². The first-order chi connectivity index (χ1) is 8.58. The number of nitrogens with one attached hydrogen (secondary N) is 3. The lowest BCUT2D eigenvalue weighted by Gasteiger charge is -2.09. The Hall–Kier alpha value is -1.92. The van der Waals surface area contributed by atoms with Crippen LogP contribution in [0.1, 0.15) is 32.1 Å². The van der Waals surface area contributed by atoms with Crippen LogP contribution in [0.2, 0.25) is 0 Å². The molecule has 18 heavy (non-hydrogen) atoms. The van der Waals surface area contributed by atoms with Gasteiger partial charge in [-0.05, 0) is 12.8 Å². The molecule has 3 N–H and O–H groups in total. The Labute approximate surface area is 105 Å². The summed E-state index contributed by atoms with van der Waals surface area (Å²) in [4.78, 5) is 45.0. The van der Waals surface area contributed by atoms with Gasteiger partial charge in [-0.2, -0.15) is 0 Å². The first-order valence-electron chi connectivity index (χ1n) is 5.94. The summed E-state index contributed by atoms with van der Waals surface area (Å²) in [6, 6.07) is 0. The van der Waals surface area contributed by atoms with Gasteiger partial charge in [0.25, 0.3) is 0 Å². The van der Waals surface area contributed by atoms with Gasteiger partial charge in [0.2, 0.25) is 23.6 Å². The molecule has 0 aliphatic carbocycles. The highest BCUT2D eigenvalue weighted by Crippen LogP contribution is 2.03. The van der Waals surface area contributed by atoms with Crippen LogP contribution in [0, 0.1) is 0 Å². The molecule has 0 saturated carbocycles. The minimum atomic E-state index is -0.545. The number of carbonyl (C=O) groups is 4. The minimum absolute atomic E-state index is 0.153. The fourth-order valence-electron chi connectivity index (χ4n) is 1.52. The quantitative estimate of drug-likeness (QED) is 0.474. The number of hydrogen-bond donors (Lipinski definition) is 3. The van der Waals surface area contributed by atoms with Crippen LogP contribution < -0.4 is 16.0 Å². The highest BCUT2D eigenvalue weighted by atomic mass is 16.2. The topological polar surface area (TPSA) is 104 Å². The molecule has 1 fully saturated rings. The van der Waals surface area contributed by atoms with Crippen LogP contribution in [0.25, 0.3) is 0 Å². The van der Waals surface area contributed by atoms with Crippen LogP contribution >= 0.6 is 0 Å². The fraction of sp³-hybridized carbons (Fsp3) is 0.636. The summed E-state index contributed by atoms with van der Waals surface area (Å²) in [6.07, 6.45) is 2.63. The molecule has 7 heteroatoms. The Morgan fingerprint density at radius 1 is 0.611 bits per heavy atom. The second-order valence-electron chi connectivity index (χ2n) is 4.09. The molecule has 4 amide bonds. The van der Waals surface area contributed by atoms with E-state index >= 15 is 0 Å². The third-order valence-corrected chi connectivity index (χ3v) is 2.48. The second kappa shape index (κ2) is 7.41. The lowest BCUT2D eigenvalue weighted by molar-refractivity contribution is -0.132.